The molecule has 3 saturated heterocycles. The Morgan fingerprint density at radius 3 is 2.31 bits per heavy atom. The van der Waals surface area contributed by atoms with E-state index in [-0.39, 0.29) is 41.6 Å². The number of nitrogens with zero attached hydrogens (tertiary/aromatic N) is 5. The van der Waals surface area contributed by atoms with Crippen LogP contribution in [0.1, 0.15) is 43.7 Å². The number of piperidine rings is 2. The third kappa shape index (κ3) is 9.21. The quantitative estimate of drug-likeness (QED) is 0.291. The van der Waals surface area contributed by atoms with E-state index in [4.69, 9.17) is 17.3 Å². The Kier molecular flexibility index (Phi) is 12.6. The number of urea groups is 1. The molecule has 2 aromatic rings. The Morgan fingerprint density at radius 2 is 1.62 bits per heavy atom. The van der Waals surface area contributed by atoms with Gasteiger partial charge in [-0.25, -0.2) is 9.59 Å². The Morgan fingerprint density at radius 1 is 0.942 bits per heavy atom. The van der Waals surface area contributed by atoms with E-state index >= 15 is 0 Å². The van der Waals surface area contributed by atoms with Crippen molar-refractivity contribution in [3.05, 3.63) is 52.0 Å². The van der Waals surface area contributed by atoms with Crippen LogP contribution in [0.2, 0.25) is 0 Å². The minimum absolute atomic E-state index is 0.0186. The van der Waals surface area contributed by atoms with Gasteiger partial charge in [0.25, 0.3) is 5.91 Å². The van der Waals surface area contributed by atoms with Crippen LogP contribution in [0.5, 0.6) is 5.75 Å². The molecule has 0 aromatic heterocycles. The number of rotatable bonds is 9. The van der Waals surface area contributed by atoms with Crippen LogP contribution in [0.3, 0.4) is 0 Å². The molecule has 0 unspecified atom stereocenters. The number of phenols is 1. The first-order valence-electron chi connectivity index (χ1n) is 18.4. The van der Waals surface area contributed by atoms with Gasteiger partial charge in [-0.1, -0.05) is 29.7 Å². The monoisotopic (exact) mass is 778 g/mol. The highest BCUT2D eigenvalue weighted by Crippen LogP contribution is 2.27. The van der Waals surface area contributed by atoms with Crippen LogP contribution in [-0.4, -0.2) is 152 Å². The van der Waals surface area contributed by atoms with Gasteiger partial charge in [0.15, 0.2) is 6.10 Å². The van der Waals surface area contributed by atoms with Crippen LogP contribution in [-0.2, 0) is 31.9 Å². The number of hydrogen-bond acceptors (Lipinski definition) is 9. The van der Waals surface area contributed by atoms with E-state index < -0.39 is 12.2 Å². The summed E-state index contributed by atoms with van der Waals surface area (Å²) in [5.74, 6) is -0.542. The number of carbonyl (C=O) groups excluding carboxylic acids is 4. The zero-order valence-corrected chi connectivity index (χ0v) is 31.4. The van der Waals surface area contributed by atoms with Crippen LogP contribution in [0.4, 0.5) is 15.3 Å². The maximum absolute atomic E-state index is 14.1. The van der Waals surface area contributed by atoms with Crippen molar-refractivity contribution in [3.8, 4) is 5.75 Å². The molecule has 4 aliphatic rings. The number of esters is 1. The summed E-state index contributed by atoms with van der Waals surface area (Å²) in [6.45, 7) is 8.25. The molecule has 6 rings (SSSR count). The predicted molar refractivity (Wildman–Crippen MR) is 200 cm³/mol. The van der Waals surface area contributed by atoms with Crippen molar-refractivity contribution in [2.45, 2.75) is 63.6 Å². The molecule has 4 aliphatic heterocycles. The van der Waals surface area contributed by atoms with Crippen LogP contribution in [0.15, 0.2) is 40.9 Å². The van der Waals surface area contributed by atoms with Crippen molar-refractivity contribution in [1.82, 2.24) is 24.5 Å². The maximum Gasteiger partial charge on any atom is 0.410 e. The number of carbonyl (C=O) groups is 4. The van der Waals surface area contributed by atoms with Crippen LogP contribution in [0.25, 0.3) is 0 Å². The van der Waals surface area contributed by atoms with Crippen LogP contribution >= 0.6 is 15.9 Å². The average Bonchev–Trinajstić information content (AvgIpc) is 3.31. The summed E-state index contributed by atoms with van der Waals surface area (Å²) in [7, 11) is 6.03. The molecule has 0 bridgehead atoms. The van der Waals surface area contributed by atoms with E-state index in [1.165, 1.54) is 0 Å². The molecule has 278 valence electrons. The van der Waals surface area contributed by atoms with Gasteiger partial charge in [-0.2, -0.15) is 0 Å². The molecule has 4 amide bonds. The van der Waals surface area contributed by atoms with E-state index in [0.717, 1.165) is 56.7 Å². The Labute approximate surface area is 315 Å². The fourth-order valence-corrected chi connectivity index (χ4v) is 8.34. The number of likely N-dealkylation sites (tertiary alicyclic amines) is 2. The number of amides is 4. The minimum Gasteiger partial charge on any atom is -0.507 e. The van der Waals surface area contributed by atoms with Crippen LogP contribution in [0, 0.1) is 0 Å². The number of benzene rings is 2. The number of piperazine rings is 1. The lowest BCUT2D eigenvalue weighted by Gasteiger charge is -2.43. The van der Waals surface area contributed by atoms with Crippen molar-refractivity contribution in [2.24, 2.45) is 0 Å². The number of fused-ring (bicyclic) bond motifs is 1. The molecular formula is C37H48BBrN6O7. The van der Waals surface area contributed by atoms with Gasteiger partial charge in [-0.15, -0.1) is 0 Å². The maximum atomic E-state index is 14.1. The lowest BCUT2D eigenvalue weighted by Crippen LogP contribution is -2.55. The minimum atomic E-state index is -1.08. The fraction of sp³-hybridized carbons (Fsp3) is 0.568. The van der Waals surface area contributed by atoms with E-state index in [0.29, 0.717) is 74.8 Å². The second-order valence-electron chi connectivity index (χ2n) is 14.0. The number of phenolic OH excluding ortho intramolecular Hbond substituents is 1. The summed E-state index contributed by atoms with van der Waals surface area (Å²) >= 11 is 3.33. The topological polar surface area (TPSA) is 135 Å². The largest absolute Gasteiger partial charge is 0.507 e. The number of halogens is 1. The van der Waals surface area contributed by atoms with Crippen molar-refractivity contribution in [2.75, 3.05) is 77.4 Å². The summed E-state index contributed by atoms with van der Waals surface area (Å²) in [6, 6.07) is 11.3. The number of ether oxygens (including phenoxy) is 2. The summed E-state index contributed by atoms with van der Waals surface area (Å²) < 4.78 is 11.5. The van der Waals surface area contributed by atoms with Gasteiger partial charge >= 0.3 is 18.1 Å². The zero-order valence-electron chi connectivity index (χ0n) is 29.8. The fourth-order valence-electron chi connectivity index (χ4n) is 7.82. The Hall–Kier alpha value is -3.82. The molecule has 15 heteroatoms. The molecule has 52 heavy (non-hydrogen) atoms. The molecule has 2 N–H and O–H groups in total. The summed E-state index contributed by atoms with van der Waals surface area (Å²) in [4.78, 5) is 62.6. The van der Waals surface area contributed by atoms with Gasteiger partial charge in [-0.05, 0) is 78.2 Å². The number of anilines is 1. The first-order valence-corrected chi connectivity index (χ1v) is 19.2. The number of hydrogen-bond donors (Lipinski definition) is 2. The molecule has 3 fully saturated rings. The molecule has 0 spiro atoms. The summed E-state index contributed by atoms with van der Waals surface area (Å²) in [5, 5.41) is 13.2. The van der Waals surface area contributed by atoms with Gasteiger partial charge in [0.05, 0.1) is 17.6 Å². The summed E-state index contributed by atoms with van der Waals surface area (Å²) in [6.07, 6.45) is 2.00. The highest BCUT2D eigenvalue weighted by Gasteiger charge is 2.37. The second kappa shape index (κ2) is 17.3. The lowest BCUT2D eigenvalue weighted by atomic mass is 9.91. The number of aromatic hydroxyl groups is 1. The predicted octanol–water partition coefficient (Wildman–Crippen LogP) is 2.72. The van der Waals surface area contributed by atoms with Crippen molar-refractivity contribution >= 4 is 58.9 Å². The van der Waals surface area contributed by atoms with Crippen molar-refractivity contribution < 1.29 is 33.8 Å². The van der Waals surface area contributed by atoms with Gasteiger partial charge in [-0.3, -0.25) is 19.4 Å². The zero-order chi connectivity index (χ0) is 36.8. The molecular weight excluding hydrogens is 731 g/mol. The molecule has 13 nitrogen and oxygen atoms in total. The molecule has 2 aromatic carbocycles. The van der Waals surface area contributed by atoms with Gasteiger partial charge in [0, 0.05) is 83.1 Å². The molecule has 0 aliphatic carbocycles. The van der Waals surface area contributed by atoms with E-state index in [1.807, 2.05) is 36.1 Å². The molecule has 0 saturated carbocycles. The standard InChI is InChI=1S/C37H48BBrN6O7/c1-2-51-33(46)24-41-17-19-42(20-18-41)27-8-12-43(13-9-27)35(48)32(23-25-21-29(38)34(47)30(39)22-25)52-37(50)44-14-10-28(11-15-44)45-16-7-26-5-3-4-6-31(26)40-36(45)49/h3-6,21-22,27-28,32,47H,2,7-20,23-24H2,1H3,(H,40,49)/t32-/m1/s1. The SMILES string of the molecule is [B]c1cc(C[C@@H](OC(=O)N2CCC(N3CCc4ccccc4NC3=O)CC2)C(=O)N2CCC(N3CCN(CC(=O)OCC)CC3)CC2)cc(Br)c1O. The number of nitrogens with one attached hydrogen (secondary N) is 1. The average molecular weight is 780 g/mol. The third-order valence-corrected chi connectivity index (χ3v) is 11.4. The molecule has 2 radical (unpaired) electrons. The van der Waals surface area contributed by atoms with E-state index in [2.05, 4.69) is 31.0 Å². The first kappa shape index (κ1) is 37.9. The third-order valence-electron chi connectivity index (χ3n) is 10.8. The first-order chi connectivity index (χ1) is 25.1. The molecule has 1 atom stereocenters. The van der Waals surface area contributed by atoms with Crippen LogP contribution < -0.4 is 10.8 Å². The van der Waals surface area contributed by atoms with Gasteiger partial charge in [0.2, 0.25) is 0 Å². The van der Waals surface area contributed by atoms with E-state index in [9.17, 15) is 24.3 Å². The van der Waals surface area contributed by atoms with E-state index in [1.54, 1.807) is 21.9 Å². The lowest BCUT2D eigenvalue weighted by molar-refractivity contribution is -0.145. The van der Waals surface area contributed by atoms with Crippen molar-refractivity contribution in [1.29, 1.82) is 0 Å². The van der Waals surface area contributed by atoms with Gasteiger partial charge < -0.3 is 34.6 Å². The Bertz CT molecular complexity index is 1590. The highest BCUT2D eigenvalue weighted by molar-refractivity contribution is 9.10. The highest BCUT2D eigenvalue weighted by atomic mass is 79.9. The van der Waals surface area contributed by atoms with Gasteiger partial charge in [0.1, 0.15) is 13.6 Å². The second-order valence-corrected chi connectivity index (χ2v) is 14.9. The number of para-hydroxylation sites is 1. The Balaban J connectivity index is 1.05. The molecule has 4 heterocycles. The smallest absolute Gasteiger partial charge is 0.410 e. The van der Waals surface area contributed by atoms with Crippen molar-refractivity contribution in [3.63, 3.8) is 0 Å². The normalized spacial score (nSPS) is 20.1. The summed E-state index contributed by atoms with van der Waals surface area (Å²) in [5.41, 5.74) is 2.75.